The number of hydrogen-bond donors (Lipinski definition) is 1. The molecule has 2 heteroatoms. The van der Waals surface area contributed by atoms with Crippen LogP contribution in [0.15, 0.2) is 18.2 Å². The number of para-hydroxylation sites is 1. The largest absolute Gasteiger partial charge is 0.379 e. The van der Waals surface area contributed by atoms with Crippen LogP contribution in [-0.2, 0) is 0 Å². The van der Waals surface area contributed by atoms with E-state index in [0.717, 1.165) is 12.0 Å². The Labute approximate surface area is 116 Å². The lowest BCUT2D eigenvalue weighted by Gasteiger charge is -2.41. The molecule has 1 nitrogen and oxygen atoms in total. The summed E-state index contributed by atoms with van der Waals surface area (Å²) in [4.78, 5) is 0. The molecule has 2 atom stereocenters. The minimum absolute atomic E-state index is 0.127. The second kappa shape index (κ2) is 5.52. The Morgan fingerprint density at radius 1 is 1.16 bits per heavy atom. The summed E-state index contributed by atoms with van der Waals surface area (Å²) in [5.41, 5.74) is 1.97. The van der Waals surface area contributed by atoms with Gasteiger partial charge in [-0.15, -0.1) is 0 Å². The number of aryl methyl sites for hydroxylation is 1. The monoisotopic (exact) mass is 263 g/mol. The maximum absolute atomic E-state index is 14.0. The van der Waals surface area contributed by atoms with Crippen LogP contribution in [-0.4, -0.2) is 6.04 Å². The van der Waals surface area contributed by atoms with Crippen LogP contribution in [0, 0.1) is 24.1 Å². The van der Waals surface area contributed by atoms with E-state index in [2.05, 4.69) is 26.1 Å². The summed E-state index contributed by atoms with van der Waals surface area (Å²) in [6, 6.07) is 5.69. The lowest BCUT2D eigenvalue weighted by atomic mass is 9.69. The summed E-state index contributed by atoms with van der Waals surface area (Å²) in [6.07, 6.45) is 4.94. The number of anilines is 1. The zero-order valence-corrected chi connectivity index (χ0v) is 12.6. The van der Waals surface area contributed by atoms with Gasteiger partial charge < -0.3 is 5.32 Å². The van der Waals surface area contributed by atoms with E-state index in [4.69, 9.17) is 0 Å². The Morgan fingerprint density at radius 2 is 1.84 bits per heavy atom. The van der Waals surface area contributed by atoms with E-state index in [1.807, 2.05) is 13.0 Å². The fourth-order valence-corrected chi connectivity index (χ4v) is 3.34. The van der Waals surface area contributed by atoms with Crippen molar-refractivity contribution in [2.45, 2.75) is 59.4 Å². The average Bonchev–Trinajstić information content (AvgIpc) is 2.33. The highest BCUT2D eigenvalue weighted by atomic mass is 19.1. The number of benzene rings is 1. The molecule has 19 heavy (non-hydrogen) atoms. The zero-order valence-electron chi connectivity index (χ0n) is 12.6. The first kappa shape index (κ1) is 14.4. The van der Waals surface area contributed by atoms with Gasteiger partial charge in [-0.05, 0) is 42.7 Å². The van der Waals surface area contributed by atoms with E-state index >= 15 is 0 Å². The van der Waals surface area contributed by atoms with Crippen molar-refractivity contribution in [3.05, 3.63) is 29.6 Å². The number of nitrogens with one attached hydrogen (secondary N) is 1. The number of hydrogen-bond acceptors (Lipinski definition) is 1. The van der Waals surface area contributed by atoms with Crippen LogP contribution in [0.25, 0.3) is 0 Å². The number of rotatable bonds is 2. The molecular weight excluding hydrogens is 237 g/mol. The van der Waals surface area contributed by atoms with Gasteiger partial charge in [0.2, 0.25) is 0 Å². The van der Waals surface area contributed by atoms with Crippen molar-refractivity contribution >= 4 is 5.69 Å². The highest BCUT2D eigenvalue weighted by Gasteiger charge is 2.34. The minimum Gasteiger partial charge on any atom is -0.379 e. The van der Waals surface area contributed by atoms with Crippen LogP contribution in [0.5, 0.6) is 0 Å². The smallest absolute Gasteiger partial charge is 0.146 e. The molecule has 1 aliphatic carbocycles. The highest BCUT2D eigenvalue weighted by molar-refractivity contribution is 5.52. The van der Waals surface area contributed by atoms with Crippen molar-refractivity contribution in [1.29, 1.82) is 0 Å². The van der Waals surface area contributed by atoms with Gasteiger partial charge in [-0.3, -0.25) is 0 Å². The van der Waals surface area contributed by atoms with Crippen molar-refractivity contribution in [3.63, 3.8) is 0 Å². The van der Waals surface area contributed by atoms with Crippen LogP contribution in [0.4, 0.5) is 10.1 Å². The molecule has 2 rings (SSSR count). The average molecular weight is 263 g/mol. The summed E-state index contributed by atoms with van der Waals surface area (Å²) in [5.74, 6) is 0.485. The van der Waals surface area contributed by atoms with E-state index in [9.17, 15) is 4.39 Å². The molecule has 0 bridgehead atoms. The molecule has 1 aromatic rings. The Kier molecular flexibility index (Phi) is 4.17. The Bertz CT molecular complexity index is 413. The second-order valence-electron chi connectivity index (χ2n) is 6.94. The molecule has 106 valence electrons. The van der Waals surface area contributed by atoms with Gasteiger partial charge in [-0.2, -0.15) is 0 Å². The van der Waals surface area contributed by atoms with Crippen molar-refractivity contribution in [1.82, 2.24) is 0 Å². The van der Waals surface area contributed by atoms with Gasteiger partial charge in [-0.1, -0.05) is 45.7 Å². The molecule has 0 radical (unpaired) electrons. The Morgan fingerprint density at radius 3 is 2.47 bits per heavy atom. The molecule has 1 aromatic carbocycles. The predicted molar refractivity (Wildman–Crippen MR) is 80.0 cm³/mol. The van der Waals surface area contributed by atoms with Gasteiger partial charge in [-0.25, -0.2) is 4.39 Å². The molecule has 0 heterocycles. The molecule has 1 fully saturated rings. The van der Waals surface area contributed by atoms with Crippen molar-refractivity contribution in [2.75, 3.05) is 5.32 Å². The summed E-state index contributed by atoms with van der Waals surface area (Å²) < 4.78 is 14.0. The zero-order chi connectivity index (χ0) is 14.0. The molecular formula is C17H26FN. The van der Waals surface area contributed by atoms with Gasteiger partial charge in [0.1, 0.15) is 5.82 Å². The molecule has 0 saturated heterocycles. The van der Waals surface area contributed by atoms with Gasteiger partial charge >= 0.3 is 0 Å². The van der Waals surface area contributed by atoms with E-state index < -0.39 is 0 Å². The predicted octanol–water partition coefficient (Wildman–Crippen LogP) is 5.15. The lowest BCUT2D eigenvalue weighted by molar-refractivity contribution is 0.162. The molecule has 0 amide bonds. The fraction of sp³-hybridized carbons (Fsp3) is 0.647. The normalized spacial score (nSPS) is 24.3. The van der Waals surface area contributed by atoms with Gasteiger partial charge in [0.25, 0.3) is 0 Å². The summed E-state index contributed by atoms with van der Waals surface area (Å²) >= 11 is 0. The van der Waals surface area contributed by atoms with Gasteiger partial charge in [0.15, 0.2) is 0 Å². The molecule has 2 unspecified atom stereocenters. The van der Waals surface area contributed by atoms with E-state index in [-0.39, 0.29) is 11.2 Å². The lowest BCUT2D eigenvalue weighted by Crippen LogP contribution is -2.40. The van der Waals surface area contributed by atoms with Gasteiger partial charge in [0, 0.05) is 6.04 Å². The molecule has 1 N–H and O–H groups in total. The standard InChI is InChI=1S/C17H26FN/c1-12-8-7-10-14(18)16(12)19-15-11-6-5-9-13(15)17(2,3)4/h7-8,10,13,15,19H,5-6,9,11H2,1-4H3. The van der Waals surface area contributed by atoms with Crippen LogP contribution in [0.3, 0.4) is 0 Å². The van der Waals surface area contributed by atoms with Crippen molar-refractivity contribution < 1.29 is 4.39 Å². The van der Waals surface area contributed by atoms with Crippen LogP contribution < -0.4 is 5.32 Å². The van der Waals surface area contributed by atoms with Crippen LogP contribution in [0.2, 0.25) is 0 Å². The van der Waals surface area contributed by atoms with E-state index in [0.29, 0.717) is 17.6 Å². The van der Waals surface area contributed by atoms with Crippen LogP contribution in [0.1, 0.15) is 52.0 Å². The van der Waals surface area contributed by atoms with Crippen molar-refractivity contribution in [2.24, 2.45) is 11.3 Å². The third-order valence-electron chi connectivity index (χ3n) is 4.43. The first-order valence-corrected chi connectivity index (χ1v) is 7.41. The first-order chi connectivity index (χ1) is 8.89. The summed E-state index contributed by atoms with van der Waals surface area (Å²) in [6.45, 7) is 8.87. The Hall–Kier alpha value is -1.05. The summed E-state index contributed by atoms with van der Waals surface area (Å²) in [7, 11) is 0. The van der Waals surface area contributed by atoms with E-state index in [1.54, 1.807) is 12.1 Å². The minimum atomic E-state index is -0.127. The summed E-state index contributed by atoms with van der Waals surface area (Å²) in [5, 5.41) is 3.50. The Balaban J connectivity index is 2.20. The SMILES string of the molecule is Cc1cccc(F)c1NC1CCCCC1C(C)(C)C. The maximum atomic E-state index is 14.0. The fourth-order valence-electron chi connectivity index (χ4n) is 3.34. The molecule has 0 spiro atoms. The topological polar surface area (TPSA) is 12.0 Å². The number of halogens is 1. The molecule has 1 aliphatic rings. The quantitative estimate of drug-likeness (QED) is 0.778. The van der Waals surface area contributed by atoms with Crippen LogP contribution >= 0.6 is 0 Å². The van der Waals surface area contributed by atoms with E-state index in [1.165, 1.54) is 19.3 Å². The third-order valence-corrected chi connectivity index (χ3v) is 4.43. The third kappa shape index (κ3) is 3.29. The first-order valence-electron chi connectivity index (χ1n) is 7.41. The maximum Gasteiger partial charge on any atom is 0.146 e. The van der Waals surface area contributed by atoms with Crippen molar-refractivity contribution in [3.8, 4) is 0 Å². The highest BCUT2D eigenvalue weighted by Crippen LogP contribution is 2.39. The second-order valence-corrected chi connectivity index (χ2v) is 6.94. The molecule has 1 saturated carbocycles. The molecule has 0 aromatic heterocycles. The van der Waals surface area contributed by atoms with Gasteiger partial charge in [0.05, 0.1) is 5.69 Å². The molecule has 0 aliphatic heterocycles.